The van der Waals surface area contributed by atoms with E-state index in [0.29, 0.717) is 5.75 Å². The second kappa shape index (κ2) is 13.6. The molecule has 32 heavy (non-hydrogen) atoms. The number of thioether (sulfide) groups is 1. The van der Waals surface area contributed by atoms with Crippen molar-refractivity contribution in [1.82, 2.24) is 0 Å². The molecule has 3 rings (SSSR count). The van der Waals surface area contributed by atoms with Crippen molar-refractivity contribution in [3.05, 3.63) is 106 Å². The van der Waals surface area contributed by atoms with Gasteiger partial charge >= 0.3 is 59.1 Å². The van der Waals surface area contributed by atoms with E-state index in [1.165, 1.54) is 17.7 Å². The van der Waals surface area contributed by atoms with Gasteiger partial charge in [-0.1, -0.05) is 88.7 Å². The molecule has 0 N–H and O–H groups in total. The summed E-state index contributed by atoms with van der Waals surface area (Å²) in [4.78, 5) is 21.9. The third-order valence-corrected chi connectivity index (χ3v) is 7.51. The number of benzene rings is 3. The minimum absolute atomic E-state index is 0. The van der Waals surface area contributed by atoms with Gasteiger partial charge in [-0.25, -0.2) is 0 Å². The van der Waals surface area contributed by atoms with Gasteiger partial charge in [0, 0.05) is 28.6 Å². The molecule has 0 aliphatic heterocycles. The molecule has 3 aromatic rings. The van der Waals surface area contributed by atoms with E-state index in [4.69, 9.17) is 0 Å². The molecule has 10 heteroatoms. The van der Waals surface area contributed by atoms with E-state index in [2.05, 4.69) is 40.2 Å². The predicted octanol–water partition coefficient (Wildman–Crippen LogP) is -0.363. The van der Waals surface area contributed by atoms with Gasteiger partial charge in [-0.15, -0.1) is 11.8 Å². The molecule has 0 aromatic heterocycles. The van der Waals surface area contributed by atoms with Crippen LogP contribution in [0.2, 0.25) is 0 Å². The monoisotopic (exact) mass is 556 g/mol. The first-order chi connectivity index (χ1) is 14.2. The van der Waals surface area contributed by atoms with Gasteiger partial charge in [-0.2, -0.15) is 8.78 Å². The maximum absolute atomic E-state index is 13.9. The fourth-order valence-electron chi connectivity index (χ4n) is 3.01. The van der Waals surface area contributed by atoms with Crippen LogP contribution in [0.15, 0.2) is 83.3 Å². The van der Waals surface area contributed by atoms with Crippen molar-refractivity contribution < 1.29 is 82.2 Å². The van der Waals surface area contributed by atoms with Crippen LogP contribution >= 0.6 is 35.3 Å². The molecule has 0 spiro atoms. The van der Waals surface area contributed by atoms with Crippen molar-refractivity contribution in [3.8, 4) is 0 Å². The molecular formula is C22H18BrF2Na2O3PS. The van der Waals surface area contributed by atoms with Crippen LogP contribution in [0.25, 0.3) is 0 Å². The van der Waals surface area contributed by atoms with Gasteiger partial charge in [0.05, 0.1) is 0 Å². The first kappa shape index (κ1) is 30.5. The Hall–Kier alpha value is 0.500. The molecule has 0 radical (unpaired) electrons. The zero-order valence-corrected chi connectivity index (χ0v) is 25.0. The van der Waals surface area contributed by atoms with Crippen molar-refractivity contribution in [2.75, 3.05) is 0 Å². The second-order valence-corrected chi connectivity index (χ2v) is 10.4. The minimum Gasteiger partial charge on any atom is -0.806 e. The molecule has 1 atom stereocenters. The van der Waals surface area contributed by atoms with Gasteiger partial charge in [-0.05, 0) is 29.2 Å². The van der Waals surface area contributed by atoms with Crippen molar-refractivity contribution >= 4 is 35.3 Å². The first-order valence-corrected chi connectivity index (χ1v) is 12.5. The Balaban J connectivity index is 0.00000256. The maximum Gasteiger partial charge on any atom is 1.00 e. The van der Waals surface area contributed by atoms with Crippen LogP contribution in [-0.4, -0.2) is 0 Å². The van der Waals surface area contributed by atoms with E-state index < -0.39 is 18.8 Å². The molecule has 0 saturated carbocycles. The van der Waals surface area contributed by atoms with Crippen LogP contribution in [0.4, 0.5) is 8.78 Å². The summed E-state index contributed by atoms with van der Waals surface area (Å²) in [5, 5.41) is 0.150. The average molecular weight is 557 g/mol. The van der Waals surface area contributed by atoms with Crippen LogP contribution in [0, 0.1) is 0 Å². The molecule has 0 amide bonds. The second-order valence-electron chi connectivity index (χ2n) is 6.75. The fraction of sp³-hybridized carbons (Fsp3) is 0.182. The fourth-order valence-corrected chi connectivity index (χ4v) is 5.56. The summed E-state index contributed by atoms with van der Waals surface area (Å²) in [6.45, 7) is 0. The summed E-state index contributed by atoms with van der Waals surface area (Å²) in [5.74, 6) is 0.531. The van der Waals surface area contributed by atoms with E-state index in [0.717, 1.165) is 23.6 Å². The van der Waals surface area contributed by atoms with Gasteiger partial charge in [0.15, 0.2) is 0 Å². The Morgan fingerprint density at radius 1 is 0.906 bits per heavy atom. The Labute approximate surface area is 243 Å². The number of rotatable bonds is 8. The summed E-state index contributed by atoms with van der Waals surface area (Å²) in [6, 6.07) is 24.0. The number of hydrogen-bond acceptors (Lipinski definition) is 4. The van der Waals surface area contributed by atoms with Crippen molar-refractivity contribution in [1.29, 1.82) is 0 Å². The topological polar surface area (TPSA) is 63.2 Å². The Morgan fingerprint density at radius 3 is 2.00 bits per heavy atom. The molecule has 0 aliphatic carbocycles. The molecule has 0 saturated heterocycles. The average Bonchev–Trinajstić information content (AvgIpc) is 2.71. The zero-order chi connectivity index (χ0) is 21.8. The predicted molar refractivity (Wildman–Crippen MR) is 116 cm³/mol. The SMILES string of the molecule is O=P([O-])([O-])C(F)(F)c1ccc(CSC(Cc2ccccc2)c2ccccc2)cc1Br.[Na+].[Na+]. The van der Waals surface area contributed by atoms with Crippen LogP contribution in [0.1, 0.15) is 27.5 Å². The van der Waals surface area contributed by atoms with Gasteiger partial charge in [0.2, 0.25) is 0 Å². The van der Waals surface area contributed by atoms with E-state index in [9.17, 15) is 23.1 Å². The summed E-state index contributed by atoms with van der Waals surface area (Å²) >= 11 is 4.66. The molecule has 158 valence electrons. The quantitative estimate of drug-likeness (QED) is 0.281. The van der Waals surface area contributed by atoms with Gasteiger partial charge < -0.3 is 14.4 Å². The van der Waals surface area contributed by atoms with E-state index in [1.807, 2.05) is 36.4 Å². The normalized spacial score (nSPS) is 12.4. The molecular weight excluding hydrogens is 539 g/mol. The van der Waals surface area contributed by atoms with Crippen LogP contribution in [0.3, 0.4) is 0 Å². The van der Waals surface area contributed by atoms with Crippen LogP contribution < -0.4 is 68.9 Å². The molecule has 0 fully saturated rings. The van der Waals surface area contributed by atoms with Crippen LogP contribution in [0.5, 0.6) is 0 Å². The Kier molecular flexibility index (Phi) is 12.9. The molecule has 0 bridgehead atoms. The third kappa shape index (κ3) is 8.03. The van der Waals surface area contributed by atoms with Crippen molar-refractivity contribution in [3.63, 3.8) is 0 Å². The maximum atomic E-state index is 13.9. The standard InChI is InChI=1S/C22H20BrF2O3PS.2Na/c23-20-13-17(11-12-19(20)22(24,25)29(26,27)28)15-30-21(18-9-5-2-6-10-18)14-16-7-3-1-4-8-16;;/h1-13,21H,14-15H2,(H2,26,27,28);;/q;2*+1/p-2. The molecule has 3 aromatic carbocycles. The number of alkyl halides is 2. The largest absolute Gasteiger partial charge is 1.00 e. The summed E-state index contributed by atoms with van der Waals surface area (Å²) < 4.78 is 38.7. The van der Waals surface area contributed by atoms with E-state index in [1.54, 1.807) is 11.8 Å². The van der Waals surface area contributed by atoms with E-state index >= 15 is 0 Å². The molecule has 0 heterocycles. The number of halogens is 3. The number of hydrogen-bond donors (Lipinski definition) is 0. The van der Waals surface area contributed by atoms with Crippen LogP contribution in [-0.2, 0) is 22.4 Å². The summed E-state index contributed by atoms with van der Waals surface area (Å²) in [6.07, 6.45) is 0.808. The van der Waals surface area contributed by atoms with Crippen molar-refractivity contribution in [2.24, 2.45) is 0 Å². The molecule has 0 aliphatic rings. The summed E-state index contributed by atoms with van der Waals surface area (Å²) in [7, 11) is -6.11. The zero-order valence-electron chi connectivity index (χ0n) is 17.7. The Bertz CT molecular complexity index is 1040. The first-order valence-electron chi connectivity index (χ1n) is 9.08. The van der Waals surface area contributed by atoms with Crippen molar-refractivity contribution in [2.45, 2.75) is 23.1 Å². The van der Waals surface area contributed by atoms with Gasteiger partial charge in [0.1, 0.15) is 0 Å². The third-order valence-electron chi connectivity index (χ3n) is 4.59. The van der Waals surface area contributed by atoms with Gasteiger partial charge in [-0.3, -0.25) is 0 Å². The summed E-state index contributed by atoms with van der Waals surface area (Å²) in [5.41, 5.74) is -2.21. The van der Waals surface area contributed by atoms with E-state index in [-0.39, 0.29) is 68.8 Å². The molecule has 1 unspecified atom stereocenters. The Morgan fingerprint density at radius 2 is 1.47 bits per heavy atom. The van der Waals surface area contributed by atoms with Gasteiger partial charge in [0.25, 0.3) is 5.66 Å². The minimum atomic E-state index is -6.11. The smallest absolute Gasteiger partial charge is 0.806 e. The molecule has 3 nitrogen and oxygen atoms in total.